The van der Waals surface area contributed by atoms with Gasteiger partial charge in [0.2, 0.25) is 0 Å². The summed E-state index contributed by atoms with van der Waals surface area (Å²) in [5, 5.41) is 14.5. The molecule has 2 rings (SSSR count). The van der Waals surface area contributed by atoms with Crippen LogP contribution in [0.5, 0.6) is 0 Å². The number of hydrogen-bond donors (Lipinski definition) is 2. The van der Waals surface area contributed by atoms with Gasteiger partial charge in [0.05, 0.1) is 11.6 Å². The van der Waals surface area contributed by atoms with Crippen LogP contribution < -0.4 is 10.6 Å². The lowest BCUT2D eigenvalue weighted by Crippen LogP contribution is -2.29. The fourth-order valence-corrected chi connectivity index (χ4v) is 1.96. The molecular weight excluding hydrogens is 224 g/mol. The quantitative estimate of drug-likeness (QED) is 0.845. The molecular formula is C12H13F2N3. The predicted molar refractivity (Wildman–Crippen MR) is 60.6 cm³/mol. The summed E-state index contributed by atoms with van der Waals surface area (Å²) in [6.07, 6.45) is 2.09. The van der Waals surface area contributed by atoms with Crippen molar-refractivity contribution < 1.29 is 8.78 Å². The van der Waals surface area contributed by atoms with Crippen molar-refractivity contribution >= 4 is 5.69 Å². The molecule has 0 aromatic heterocycles. The van der Waals surface area contributed by atoms with Crippen LogP contribution >= 0.6 is 0 Å². The summed E-state index contributed by atoms with van der Waals surface area (Å²) in [6.45, 7) is 1.43. The Bertz CT molecular complexity index is 425. The van der Waals surface area contributed by atoms with Crippen LogP contribution in [0.15, 0.2) is 12.1 Å². The lowest BCUT2D eigenvalue weighted by atomic mass is 10.2. The molecule has 0 unspecified atom stereocenters. The van der Waals surface area contributed by atoms with Gasteiger partial charge in [-0.2, -0.15) is 5.26 Å². The van der Waals surface area contributed by atoms with Gasteiger partial charge >= 0.3 is 0 Å². The molecule has 1 fully saturated rings. The number of nitrogens with one attached hydrogen (secondary N) is 2. The van der Waals surface area contributed by atoms with Crippen LogP contribution in [0.25, 0.3) is 0 Å². The second-order valence-electron chi connectivity index (χ2n) is 4.10. The molecule has 1 heterocycles. The van der Waals surface area contributed by atoms with Crippen molar-refractivity contribution in [3.8, 4) is 6.07 Å². The maximum absolute atomic E-state index is 13.5. The lowest BCUT2D eigenvalue weighted by Gasteiger charge is -2.13. The fourth-order valence-electron chi connectivity index (χ4n) is 1.96. The van der Waals surface area contributed by atoms with Crippen LogP contribution in [0, 0.1) is 23.0 Å². The molecule has 90 valence electrons. The molecule has 0 spiro atoms. The van der Waals surface area contributed by atoms with Crippen LogP contribution in [-0.2, 0) is 0 Å². The zero-order chi connectivity index (χ0) is 12.3. The summed E-state index contributed by atoms with van der Waals surface area (Å²) in [5.41, 5.74) is -0.165. The van der Waals surface area contributed by atoms with Crippen molar-refractivity contribution in [3.05, 3.63) is 29.3 Å². The van der Waals surface area contributed by atoms with Crippen LogP contribution in [-0.4, -0.2) is 19.1 Å². The third kappa shape index (κ3) is 2.71. The van der Waals surface area contributed by atoms with Gasteiger partial charge in [0.15, 0.2) is 11.6 Å². The Hall–Kier alpha value is -1.67. The number of rotatable bonds is 3. The van der Waals surface area contributed by atoms with Gasteiger partial charge in [0.25, 0.3) is 0 Å². The molecule has 0 aliphatic carbocycles. The number of hydrogen-bond acceptors (Lipinski definition) is 3. The van der Waals surface area contributed by atoms with E-state index < -0.39 is 11.6 Å². The molecule has 3 nitrogen and oxygen atoms in total. The van der Waals surface area contributed by atoms with Gasteiger partial charge < -0.3 is 10.6 Å². The first-order valence-electron chi connectivity index (χ1n) is 5.57. The average Bonchev–Trinajstić information content (AvgIpc) is 2.80. The zero-order valence-corrected chi connectivity index (χ0v) is 9.26. The van der Waals surface area contributed by atoms with Crippen molar-refractivity contribution in [2.24, 2.45) is 0 Å². The second-order valence-corrected chi connectivity index (χ2v) is 4.10. The molecule has 0 radical (unpaired) electrons. The number of anilines is 1. The van der Waals surface area contributed by atoms with Crippen molar-refractivity contribution in [2.75, 3.05) is 18.4 Å². The van der Waals surface area contributed by atoms with Crippen LogP contribution in [0.4, 0.5) is 14.5 Å². The van der Waals surface area contributed by atoms with E-state index in [0.717, 1.165) is 31.5 Å². The van der Waals surface area contributed by atoms with E-state index >= 15 is 0 Å². The first kappa shape index (κ1) is 11.8. The largest absolute Gasteiger partial charge is 0.379 e. The SMILES string of the molecule is N#Cc1cc(F)c(NC[C@@H]2CCCN2)c(F)c1. The topological polar surface area (TPSA) is 47.9 Å². The van der Waals surface area contributed by atoms with E-state index in [1.54, 1.807) is 6.07 Å². The minimum atomic E-state index is -0.723. The van der Waals surface area contributed by atoms with E-state index in [9.17, 15) is 8.78 Å². The van der Waals surface area contributed by atoms with Crippen molar-refractivity contribution in [3.63, 3.8) is 0 Å². The molecule has 0 saturated carbocycles. The van der Waals surface area contributed by atoms with Gasteiger partial charge in [0.1, 0.15) is 5.69 Å². The average molecular weight is 237 g/mol. The van der Waals surface area contributed by atoms with Crippen LogP contribution in [0.2, 0.25) is 0 Å². The molecule has 1 saturated heterocycles. The molecule has 0 amide bonds. The molecule has 1 atom stereocenters. The van der Waals surface area contributed by atoms with Crippen molar-refractivity contribution in [2.45, 2.75) is 18.9 Å². The van der Waals surface area contributed by atoms with Crippen LogP contribution in [0.1, 0.15) is 18.4 Å². The number of nitriles is 1. The van der Waals surface area contributed by atoms with E-state index in [0.29, 0.717) is 6.54 Å². The summed E-state index contributed by atoms with van der Waals surface area (Å²) in [7, 11) is 0. The third-order valence-corrected chi connectivity index (χ3v) is 2.86. The molecule has 1 aliphatic heterocycles. The summed E-state index contributed by atoms with van der Waals surface area (Å²) >= 11 is 0. The Morgan fingerprint density at radius 3 is 2.65 bits per heavy atom. The lowest BCUT2D eigenvalue weighted by molar-refractivity contribution is 0.578. The van der Waals surface area contributed by atoms with Gasteiger partial charge in [-0.25, -0.2) is 8.78 Å². The molecule has 1 aromatic carbocycles. The first-order valence-corrected chi connectivity index (χ1v) is 5.57. The Balaban J connectivity index is 2.07. The van der Waals surface area contributed by atoms with Gasteiger partial charge in [-0.05, 0) is 31.5 Å². The van der Waals surface area contributed by atoms with Gasteiger partial charge in [0, 0.05) is 12.6 Å². The number of halogens is 2. The molecule has 17 heavy (non-hydrogen) atoms. The molecule has 1 aliphatic rings. The first-order chi connectivity index (χ1) is 8.20. The fraction of sp³-hybridized carbons (Fsp3) is 0.417. The molecule has 2 N–H and O–H groups in total. The molecule has 1 aromatic rings. The van der Waals surface area contributed by atoms with Crippen molar-refractivity contribution in [1.82, 2.24) is 5.32 Å². The summed E-state index contributed by atoms with van der Waals surface area (Å²) < 4.78 is 27.0. The number of nitrogens with zero attached hydrogens (tertiary/aromatic N) is 1. The Morgan fingerprint density at radius 1 is 1.41 bits per heavy atom. The summed E-state index contributed by atoms with van der Waals surface area (Å²) in [6, 6.07) is 4.04. The highest BCUT2D eigenvalue weighted by atomic mass is 19.1. The minimum Gasteiger partial charge on any atom is -0.379 e. The monoisotopic (exact) mass is 237 g/mol. The minimum absolute atomic E-state index is 0.00968. The Morgan fingerprint density at radius 2 is 2.12 bits per heavy atom. The third-order valence-electron chi connectivity index (χ3n) is 2.86. The highest BCUT2D eigenvalue weighted by molar-refractivity contribution is 5.50. The van der Waals surface area contributed by atoms with Crippen molar-refractivity contribution in [1.29, 1.82) is 5.26 Å². The van der Waals surface area contributed by atoms with Gasteiger partial charge in [-0.1, -0.05) is 0 Å². The van der Waals surface area contributed by atoms with E-state index in [1.165, 1.54) is 0 Å². The molecule has 5 heteroatoms. The van der Waals surface area contributed by atoms with E-state index in [4.69, 9.17) is 5.26 Å². The van der Waals surface area contributed by atoms with Gasteiger partial charge in [-0.15, -0.1) is 0 Å². The highest BCUT2D eigenvalue weighted by Crippen LogP contribution is 2.20. The summed E-state index contributed by atoms with van der Waals surface area (Å²) in [4.78, 5) is 0. The van der Waals surface area contributed by atoms with E-state index in [1.807, 2.05) is 0 Å². The highest BCUT2D eigenvalue weighted by Gasteiger charge is 2.16. The maximum Gasteiger partial charge on any atom is 0.150 e. The normalized spacial score (nSPS) is 19.0. The van der Waals surface area contributed by atoms with Crippen LogP contribution in [0.3, 0.4) is 0 Å². The van der Waals surface area contributed by atoms with Gasteiger partial charge in [-0.3, -0.25) is 0 Å². The predicted octanol–water partition coefficient (Wildman–Crippen LogP) is 2.00. The smallest absolute Gasteiger partial charge is 0.150 e. The maximum atomic E-state index is 13.5. The molecule has 0 bridgehead atoms. The zero-order valence-electron chi connectivity index (χ0n) is 9.26. The Kier molecular flexibility index (Phi) is 3.55. The van der Waals surface area contributed by atoms with E-state index in [-0.39, 0.29) is 17.3 Å². The van der Waals surface area contributed by atoms with E-state index in [2.05, 4.69) is 10.6 Å². The summed E-state index contributed by atoms with van der Waals surface area (Å²) in [5.74, 6) is -1.45. The second kappa shape index (κ2) is 5.11. The standard InChI is InChI=1S/C12H13F2N3/c13-10-4-8(6-15)5-11(14)12(10)17-7-9-2-1-3-16-9/h4-5,9,16-17H,1-3,7H2/t9-/m0/s1. The Labute approximate surface area is 98.4 Å². The number of benzene rings is 1.